The van der Waals surface area contributed by atoms with E-state index < -0.39 is 0 Å². The van der Waals surface area contributed by atoms with E-state index in [9.17, 15) is 4.79 Å². The van der Waals surface area contributed by atoms with Crippen LogP contribution < -0.4 is 5.32 Å². The van der Waals surface area contributed by atoms with Crippen molar-refractivity contribution in [2.45, 2.75) is 33.1 Å². The molecule has 1 N–H and O–H groups in total. The van der Waals surface area contributed by atoms with Gasteiger partial charge in [0.1, 0.15) is 0 Å². The second kappa shape index (κ2) is 5.54. The van der Waals surface area contributed by atoms with Crippen LogP contribution in [0.1, 0.15) is 42.3 Å². The number of fused-ring (bicyclic) bond motifs is 1. The Labute approximate surface area is 135 Å². The molecular formula is C19H20N2O2. The summed E-state index contributed by atoms with van der Waals surface area (Å²) in [6.07, 6.45) is 0. The molecule has 0 spiro atoms. The zero-order valence-corrected chi connectivity index (χ0v) is 13.8. The minimum absolute atomic E-state index is 0.0643. The molecule has 4 heteroatoms. The van der Waals surface area contributed by atoms with Gasteiger partial charge in [-0.15, -0.1) is 0 Å². The van der Waals surface area contributed by atoms with Gasteiger partial charge >= 0.3 is 0 Å². The summed E-state index contributed by atoms with van der Waals surface area (Å²) in [6, 6.07) is 13.4. The lowest BCUT2D eigenvalue weighted by molar-refractivity contribution is 0.102. The van der Waals surface area contributed by atoms with Crippen LogP contribution in [0.2, 0.25) is 0 Å². The van der Waals surface area contributed by atoms with Crippen LogP contribution in [-0.2, 0) is 5.41 Å². The highest BCUT2D eigenvalue weighted by atomic mass is 16.5. The van der Waals surface area contributed by atoms with Crippen molar-refractivity contribution in [2.75, 3.05) is 5.32 Å². The van der Waals surface area contributed by atoms with Crippen molar-refractivity contribution in [1.29, 1.82) is 0 Å². The summed E-state index contributed by atoms with van der Waals surface area (Å²) >= 11 is 0. The fourth-order valence-corrected chi connectivity index (χ4v) is 2.44. The molecule has 0 bridgehead atoms. The normalized spacial score (nSPS) is 11.7. The fraction of sp³-hybridized carbons (Fsp3) is 0.263. The van der Waals surface area contributed by atoms with Crippen LogP contribution in [0.3, 0.4) is 0 Å². The van der Waals surface area contributed by atoms with Gasteiger partial charge in [-0.05, 0) is 42.2 Å². The molecule has 1 aromatic heterocycles. The van der Waals surface area contributed by atoms with Crippen LogP contribution >= 0.6 is 0 Å². The zero-order chi connectivity index (χ0) is 16.6. The number of amides is 1. The summed E-state index contributed by atoms with van der Waals surface area (Å²) in [4.78, 5) is 12.4. The van der Waals surface area contributed by atoms with Crippen LogP contribution in [-0.4, -0.2) is 11.1 Å². The lowest BCUT2D eigenvalue weighted by Crippen LogP contribution is -2.14. The lowest BCUT2D eigenvalue weighted by atomic mass is 9.87. The maximum absolute atomic E-state index is 12.4. The smallest absolute Gasteiger partial charge is 0.256 e. The third-order valence-corrected chi connectivity index (χ3v) is 3.87. The highest BCUT2D eigenvalue weighted by Gasteiger charge is 2.16. The Morgan fingerprint density at radius 3 is 2.43 bits per heavy atom. The van der Waals surface area contributed by atoms with Crippen LogP contribution in [0.25, 0.3) is 11.0 Å². The van der Waals surface area contributed by atoms with E-state index in [0.29, 0.717) is 17.0 Å². The Balaban J connectivity index is 1.84. The van der Waals surface area contributed by atoms with Gasteiger partial charge in [0, 0.05) is 5.56 Å². The van der Waals surface area contributed by atoms with Crippen LogP contribution in [0.4, 0.5) is 5.82 Å². The molecule has 0 radical (unpaired) electrons. The number of hydrogen-bond acceptors (Lipinski definition) is 3. The molecule has 1 heterocycles. The third kappa shape index (κ3) is 3.11. The first-order valence-electron chi connectivity index (χ1n) is 7.62. The maximum atomic E-state index is 12.4. The monoisotopic (exact) mass is 308 g/mol. The van der Waals surface area contributed by atoms with E-state index in [4.69, 9.17) is 4.52 Å². The average Bonchev–Trinajstić information content (AvgIpc) is 2.89. The molecule has 1 amide bonds. The van der Waals surface area contributed by atoms with E-state index in [0.717, 1.165) is 10.9 Å². The first-order valence-corrected chi connectivity index (χ1v) is 7.62. The van der Waals surface area contributed by atoms with Crippen molar-refractivity contribution in [2.24, 2.45) is 0 Å². The summed E-state index contributed by atoms with van der Waals surface area (Å²) < 4.78 is 5.24. The van der Waals surface area contributed by atoms with Gasteiger partial charge in [0.25, 0.3) is 5.91 Å². The van der Waals surface area contributed by atoms with Crippen LogP contribution in [0, 0.1) is 6.92 Å². The second-order valence-corrected chi connectivity index (χ2v) is 6.81. The SMILES string of the molecule is Cc1ccc2onc(NC(=O)c3ccc(C(C)(C)C)cc3)c2c1. The molecule has 3 aromatic rings. The third-order valence-electron chi connectivity index (χ3n) is 3.87. The molecule has 118 valence electrons. The summed E-state index contributed by atoms with van der Waals surface area (Å²) in [5, 5.41) is 7.58. The molecule has 4 nitrogen and oxygen atoms in total. The van der Waals surface area contributed by atoms with E-state index in [1.807, 2.05) is 49.4 Å². The topological polar surface area (TPSA) is 55.1 Å². The number of aromatic nitrogens is 1. The second-order valence-electron chi connectivity index (χ2n) is 6.81. The molecule has 0 aliphatic rings. The number of hydrogen-bond donors (Lipinski definition) is 1. The van der Waals surface area contributed by atoms with Crippen molar-refractivity contribution < 1.29 is 9.32 Å². The van der Waals surface area contributed by atoms with Gasteiger partial charge in [-0.1, -0.05) is 49.7 Å². The van der Waals surface area contributed by atoms with E-state index in [-0.39, 0.29) is 11.3 Å². The van der Waals surface area contributed by atoms with Crippen LogP contribution in [0.15, 0.2) is 47.0 Å². The van der Waals surface area contributed by atoms with Gasteiger partial charge in [0.2, 0.25) is 0 Å². The highest BCUT2D eigenvalue weighted by Crippen LogP contribution is 2.25. The quantitative estimate of drug-likeness (QED) is 0.747. The largest absolute Gasteiger partial charge is 0.354 e. The molecule has 0 aliphatic carbocycles. The summed E-state index contributed by atoms with van der Waals surface area (Å²) in [6.45, 7) is 8.42. The minimum atomic E-state index is -0.192. The van der Waals surface area contributed by atoms with Gasteiger partial charge in [-0.2, -0.15) is 0 Å². The number of anilines is 1. The molecule has 0 saturated heterocycles. The summed E-state index contributed by atoms with van der Waals surface area (Å²) in [5.41, 5.74) is 3.60. The van der Waals surface area contributed by atoms with Gasteiger partial charge in [0.15, 0.2) is 11.4 Å². The molecule has 0 fully saturated rings. The molecule has 0 unspecified atom stereocenters. The fourth-order valence-electron chi connectivity index (χ4n) is 2.44. The molecule has 0 saturated carbocycles. The van der Waals surface area contributed by atoms with E-state index in [1.165, 1.54) is 5.56 Å². The Hall–Kier alpha value is -2.62. The summed E-state index contributed by atoms with van der Waals surface area (Å²) in [5.74, 6) is 0.260. The van der Waals surface area contributed by atoms with E-state index >= 15 is 0 Å². The Bertz CT molecular complexity index is 855. The molecule has 3 rings (SSSR count). The highest BCUT2D eigenvalue weighted by molar-refractivity contribution is 6.07. The molecule has 0 atom stereocenters. The van der Waals surface area contributed by atoms with Crippen molar-refractivity contribution in [3.8, 4) is 0 Å². The predicted molar refractivity (Wildman–Crippen MR) is 91.8 cm³/mol. The summed E-state index contributed by atoms with van der Waals surface area (Å²) in [7, 11) is 0. The maximum Gasteiger partial charge on any atom is 0.256 e. The number of nitrogens with zero attached hydrogens (tertiary/aromatic N) is 1. The van der Waals surface area contributed by atoms with Gasteiger partial charge in [-0.25, -0.2) is 0 Å². The number of rotatable bonds is 2. The zero-order valence-electron chi connectivity index (χ0n) is 13.8. The first kappa shape index (κ1) is 15.3. The standard InChI is InChI=1S/C19H20N2O2/c1-12-5-10-16-15(11-12)17(21-23-16)20-18(22)13-6-8-14(9-7-13)19(2,3)4/h5-11H,1-4H3,(H,20,21,22). The number of carbonyl (C=O) groups excluding carboxylic acids is 1. The molecule has 0 aliphatic heterocycles. The average molecular weight is 308 g/mol. The van der Waals surface area contributed by atoms with Gasteiger partial charge in [-0.3, -0.25) is 4.79 Å². The van der Waals surface area contributed by atoms with Crippen LogP contribution in [0.5, 0.6) is 0 Å². The number of carbonyl (C=O) groups is 1. The Kier molecular flexibility index (Phi) is 3.68. The Morgan fingerprint density at radius 1 is 1.09 bits per heavy atom. The van der Waals surface area contributed by atoms with Gasteiger partial charge < -0.3 is 9.84 Å². The number of nitrogens with one attached hydrogen (secondary N) is 1. The predicted octanol–water partition coefficient (Wildman–Crippen LogP) is 4.69. The van der Waals surface area contributed by atoms with Crippen molar-refractivity contribution >= 4 is 22.7 Å². The van der Waals surface area contributed by atoms with Crippen molar-refractivity contribution in [1.82, 2.24) is 5.16 Å². The van der Waals surface area contributed by atoms with Gasteiger partial charge in [0.05, 0.1) is 5.39 Å². The van der Waals surface area contributed by atoms with E-state index in [2.05, 4.69) is 31.2 Å². The molecular weight excluding hydrogens is 288 g/mol. The first-order chi connectivity index (χ1) is 10.8. The number of benzene rings is 2. The molecule has 23 heavy (non-hydrogen) atoms. The Morgan fingerprint density at radius 2 is 1.78 bits per heavy atom. The van der Waals surface area contributed by atoms with E-state index in [1.54, 1.807) is 0 Å². The number of aryl methyl sites for hydroxylation is 1. The minimum Gasteiger partial charge on any atom is -0.354 e. The van der Waals surface area contributed by atoms with Crippen molar-refractivity contribution in [3.05, 3.63) is 59.2 Å². The molecule has 2 aromatic carbocycles. The van der Waals surface area contributed by atoms with Crippen molar-refractivity contribution in [3.63, 3.8) is 0 Å². The lowest BCUT2D eigenvalue weighted by Gasteiger charge is -2.18.